The van der Waals surface area contributed by atoms with Gasteiger partial charge in [-0.1, -0.05) is 98.8 Å². The van der Waals surface area contributed by atoms with Gasteiger partial charge in [0.25, 0.3) is 0 Å². The lowest BCUT2D eigenvalue weighted by Crippen LogP contribution is -2.65. The van der Waals surface area contributed by atoms with Gasteiger partial charge in [-0.15, -0.1) is 0 Å². The highest BCUT2D eigenvalue weighted by Gasteiger charge is 2.68. The van der Waals surface area contributed by atoms with E-state index in [9.17, 15) is 24.1 Å². The summed E-state index contributed by atoms with van der Waals surface area (Å²) < 4.78 is 51.5. The molecule has 328 valence electrons. The molecule has 1 heterocycles. The zero-order chi connectivity index (χ0) is 44.5. The van der Waals surface area contributed by atoms with E-state index in [-0.39, 0.29) is 53.7 Å². The number of aromatic carboxylic acids is 1. The van der Waals surface area contributed by atoms with Crippen molar-refractivity contribution < 1.29 is 51.9 Å². The van der Waals surface area contributed by atoms with Crippen molar-refractivity contribution in [3.8, 4) is 5.75 Å². The van der Waals surface area contributed by atoms with E-state index in [0.717, 1.165) is 24.0 Å². The Labute approximate surface area is 363 Å². The van der Waals surface area contributed by atoms with Crippen LogP contribution in [0.1, 0.15) is 93.0 Å². The van der Waals surface area contributed by atoms with E-state index in [1.807, 2.05) is 60.7 Å². The van der Waals surface area contributed by atoms with Gasteiger partial charge in [0.1, 0.15) is 23.0 Å². The molecule has 6 atom stereocenters. The first-order chi connectivity index (χ1) is 29.4. The number of benzene rings is 4. The average molecular weight is 867 g/mol. The van der Waals surface area contributed by atoms with Crippen LogP contribution in [0.15, 0.2) is 103 Å². The number of nitrogens with one attached hydrogen (secondary N) is 2. The van der Waals surface area contributed by atoms with Gasteiger partial charge in [-0.2, -0.15) is 0 Å². The zero-order valence-electron chi connectivity index (χ0n) is 36.3. The second kappa shape index (κ2) is 18.0. The third-order valence-electron chi connectivity index (χ3n) is 12.5. The number of hydrogen-bond acceptors (Lipinski definition) is 10. The van der Waals surface area contributed by atoms with E-state index >= 15 is 0 Å². The molecular formula is C47H56BN2O11P. The van der Waals surface area contributed by atoms with Crippen molar-refractivity contribution in [3.05, 3.63) is 131 Å². The lowest BCUT2D eigenvalue weighted by molar-refractivity contribution is -0.199. The molecule has 4 aromatic rings. The fourth-order valence-corrected chi connectivity index (χ4v) is 10.7. The van der Waals surface area contributed by atoms with E-state index in [1.54, 1.807) is 57.2 Å². The molecule has 0 aromatic heterocycles. The number of hydrogen-bond donors (Lipinski definition) is 3. The molecule has 0 spiro atoms. The molecule has 3 aliphatic carbocycles. The maximum Gasteiger partial charge on any atom is 0.482 e. The van der Waals surface area contributed by atoms with Gasteiger partial charge in [-0.3, -0.25) is 9.36 Å². The Balaban J connectivity index is 1.20. The maximum atomic E-state index is 14.8. The van der Waals surface area contributed by atoms with Gasteiger partial charge in [-0.25, -0.2) is 9.59 Å². The van der Waals surface area contributed by atoms with Gasteiger partial charge < -0.3 is 43.6 Å². The number of carbonyl (C=O) groups excluding carboxylic acids is 2. The van der Waals surface area contributed by atoms with Crippen molar-refractivity contribution in [1.29, 1.82) is 0 Å². The Bertz CT molecular complexity index is 2240. The molecule has 13 nitrogen and oxygen atoms in total. The van der Waals surface area contributed by atoms with Crippen LogP contribution in [0.4, 0.5) is 4.79 Å². The Hall–Kier alpha value is -4.98. The molecule has 1 saturated heterocycles. The molecule has 15 heteroatoms. The van der Waals surface area contributed by atoms with E-state index in [2.05, 4.69) is 31.4 Å². The SMILES string of the molecule is COc1c(CC(NC(=O)C(NC(=O)OC(C)(C)C)c2ccc(P(=O)(OCc3ccccc3)OCc3ccccc3)cc2)B2O[C@@H]3C[C@@H]4C[C@@H](C4(C)C)[C@]3(C)O2)cccc1C(=O)O. The second-order valence-corrected chi connectivity index (χ2v) is 20.2. The Morgan fingerprint density at radius 2 is 1.47 bits per heavy atom. The zero-order valence-corrected chi connectivity index (χ0v) is 37.2. The number of ether oxygens (including phenoxy) is 2. The van der Waals surface area contributed by atoms with Crippen molar-refractivity contribution in [2.75, 3.05) is 7.11 Å². The fourth-order valence-electron chi connectivity index (χ4n) is 9.17. The molecule has 8 rings (SSSR count). The summed E-state index contributed by atoms with van der Waals surface area (Å²) in [6.07, 6.45) is 0.827. The summed E-state index contributed by atoms with van der Waals surface area (Å²) in [7, 11) is -3.49. The molecule has 2 unspecified atom stereocenters. The van der Waals surface area contributed by atoms with E-state index < -0.39 is 55.9 Å². The molecule has 2 amide bonds. The van der Waals surface area contributed by atoms with Crippen molar-refractivity contribution >= 4 is 38.0 Å². The summed E-state index contributed by atoms with van der Waals surface area (Å²) in [6, 6.07) is 28.4. The third kappa shape index (κ3) is 9.65. The molecule has 1 aliphatic heterocycles. The van der Waals surface area contributed by atoms with E-state index in [4.69, 9.17) is 27.8 Å². The first kappa shape index (κ1) is 45.1. The van der Waals surface area contributed by atoms with E-state index in [0.29, 0.717) is 17.0 Å². The smallest absolute Gasteiger partial charge is 0.482 e. The van der Waals surface area contributed by atoms with Crippen molar-refractivity contribution in [1.82, 2.24) is 10.6 Å². The maximum absolute atomic E-state index is 14.8. The highest BCUT2D eigenvalue weighted by molar-refractivity contribution is 7.62. The van der Waals surface area contributed by atoms with Gasteiger partial charge in [0, 0.05) is 0 Å². The minimum absolute atomic E-state index is 0.0194. The van der Waals surface area contributed by atoms with Crippen LogP contribution >= 0.6 is 7.60 Å². The number of rotatable bonds is 16. The van der Waals surface area contributed by atoms with Crippen LogP contribution in [0, 0.1) is 17.3 Å². The topological polar surface area (TPSA) is 168 Å². The molecule has 4 aromatic carbocycles. The summed E-state index contributed by atoms with van der Waals surface area (Å²) in [5.41, 5.74) is 0.977. The molecule has 2 bridgehead atoms. The van der Waals surface area contributed by atoms with Gasteiger partial charge in [0.15, 0.2) is 0 Å². The quantitative estimate of drug-likeness (QED) is 0.0734. The normalized spacial score (nSPS) is 22.4. The molecule has 0 radical (unpaired) electrons. The van der Waals surface area contributed by atoms with Crippen LogP contribution in [0.3, 0.4) is 0 Å². The summed E-state index contributed by atoms with van der Waals surface area (Å²) in [5, 5.41) is 16.1. The Morgan fingerprint density at radius 3 is 2.02 bits per heavy atom. The number of carboxylic acids is 1. The van der Waals surface area contributed by atoms with Crippen LogP contribution in [-0.4, -0.2) is 60.6 Å². The summed E-state index contributed by atoms with van der Waals surface area (Å²) in [4.78, 5) is 40.4. The van der Waals surface area contributed by atoms with Crippen molar-refractivity contribution in [2.45, 2.75) is 103 Å². The summed E-state index contributed by atoms with van der Waals surface area (Å²) >= 11 is 0. The molecule has 4 aliphatic rings. The number of para-hydroxylation sites is 1. The standard InChI is InChI=1S/C47H56BN2O11P/c1-45(2,3)59-44(54)50-40(32-21-23-35(24-22-32)62(55,57-28-30-15-10-8-11-16-30)58-29-31-17-12-9-13-18-31)42(51)49-39(25-33-19-14-20-36(43(52)53)41(33)56-7)48-60-38-27-34-26-37(46(34,4)5)47(38,6)61-48/h8-24,34,37-40H,25-29H2,1-7H3,(H,49,51)(H,50,54)(H,52,53)/t34-,37-,38+,39?,40?,47-/m0/s1. The summed E-state index contributed by atoms with van der Waals surface area (Å²) in [6.45, 7) is 11.8. The molecule has 3 N–H and O–H groups in total. The predicted molar refractivity (Wildman–Crippen MR) is 234 cm³/mol. The number of methoxy groups -OCH3 is 1. The third-order valence-corrected chi connectivity index (χ3v) is 14.4. The molecule has 4 fully saturated rings. The molecular weight excluding hydrogens is 810 g/mol. The predicted octanol–water partition coefficient (Wildman–Crippen LogP) is 8.21. The minimum atomic E-state index is -3.96. The van der Waals surface area contributed by atoms with Crippen molar-refractivity contribution in [3.63, 3.8) is 0 Å². The Kier molecular flexibility index (Phi) is 13.1. The van der Waals surface area contributed by atoms with E-state index in [1.165, 1.54) is 13.2 Å². The second-order valence-electron chi connectivity index (χ2n) is 18.1. The Morgan fingerprint density at radius 1 is 0.855 bits per heavy atom. The van der Waals surface area contributed by atoms with Crippen LogP contribution in [0.25, 0.3) is 0 Å². The highest BCUT2D eigenvalue weighted by Crippen LogP contribution is 2.65. The number of amides is 2. The lowest BCUT2D eigenvalue weighted by Gasteiger charge is -2.64. The van der Waals surface area contributed by atoms with Crippen LogP contribution < -0.4 is 20.7 Å². The largest absolute Gasteiger partial charge is 0.496 e. The summed E-state index contributed by atoms with van der Waals surface area (Å²) in [5.74, 6) is -1.80. The van der Waals surface area contributed by atoms with Crippen LogP contribution in [0.5, 0.6) is 5.75 Å². The van der Waals surface area contributed by atoms with Crippen LogP contribution in [0.2, 0.25) is 0 Å². The van der Waals surface area contributed by atoms with Gasteiger partial charge in [-0.05, 0) is 105 Å². The first-order valence-corrected chi connectivity index (χ1v) is 22.5. The molecule has 62 heavy (non-hydrogen) atoms. The van der Waals surface area contributed by atoms with Gasteiger partial charge in [0.05, 0.1) is 43.3 Å². The first-order valence-electron chi connectivity index (χ1n) is 21.0. The van der Waals surface area contributed by atoms with Gasteiger partial charge >= 0.3 is 26.8 Å². The highest BCUT2D eigenvalue weighted by atomic mass is 31.2. The fraction of sp³-hybridized carbons (Fsp3) is 0.426. The molecule has 3 saturated carbocycles. The average Bonchev–Trinajstić information content (AvgIpc) is 3.61. The lowest BCUT2D eigenvalue weighted by atomic mass is 9.43. The number of carboxylic acid groups (broad SMARTS) is 1. The minimum Gasteiger partial charge on any atom is -0.496 e. The van der Waals surface area contributed by atoms with Crippen molar-refractivity contribution in [2.24, 2.45) is 17.3 Å². The van der Waals surface area contributed by atoms with Gasteiger partial charge in [0.2, 0.25) is 5.91 Å². The number of carbonyl (C=O) groups is 3. The van der Waals surface area contributed by atoms with Crippen LogP contribution in [-0.2, 0) is 52.1 Å². The number of alkyl carbamates (subject to hydrolysis) is 1. The monoisotopic (exact) mass is 866 g/mol.